The van der Waals surface area contributed by atoms with Crippen LogP contribution in [0.5, 0.6) is 0 Å². The number of primary amides is 1. The third-order valence-electron chi connectivity index (χ3n) is 2.47. The fraction of sp³-hybridized carbons (Fsp3) is 0.444. The van der Waals surface area contributed by atoms with Gasteiger partial charge in [-0.15, -0.1) is 24.8 Å². The zero-order valence-corrected chi connectivity index (χ0v) is 10.3. The Bertz CT molecular complexity index is 379. The molecule has 7 heteroatoms. The fourth-order valence-electron chi connectivity index (χ4n) is 1.79. The summed E-state index contributed by atoms with van der Waals surface area (Å²) in [5, 5.41) is 0. The molecule has 1 aromatic heterocycles. The van der Waals surface area contributed by atoms with Crippen molar-refractivity contribution in [2.24, 2.45) is 11.5 Å². The molecule has 0 spiro atoms. The van der Waals surface area contributed by atoms with E-state index in [1.807, 2.05) is 4.57 Å². The van der Waals surface area contributed by atoms with Crippen LogP contribution in [0.25, 0.3) is 0 Å². The van der Waals surface area contributed by atoms with Gasteiger partial charge in [-0.1, -0.05) is 0 Å². The minimum atomic E-state index is -0.418. The highest BCUT2D eigenvalue weighted by atomic mass is 35.5. The molecule has 0 aromatic carbocycles. The number of hydrogen-bond donors (Lipinski definition) is 2. The fourth-order valence-corrected chi connectivity index (χ4v) is 1.79. The van der Waals surface area contributed by atoms with Crippen molar-refractivity contribution in [1.29, 1.82) is 0 Å². The summed E-state index contributed by atoms with van der Waals surface area (Å²) < 4.78 is 7.29. The van der Waals surface area contributed by atoms with E-state index in [2.05, 4.69) is 0 Å². The third-order valence-corrected chi connectivity index (χ3v) is 2.47. The topological polar surface area (TPSA) is 83.3 Å². The molecular weight excluding hydrogens is 253 g/mol. The minimum absolute atomic E-state index is 0. The highest BCUT2D eigenvalue weighted by Crippen LogP contribution is 2.19. The van der Waals surface area contributed by atoms with Crippen molar-refractivity contribution in [1.82, 2.24) is 4.57 Å². The second-order valence-corrected chi connectivity index (χ2v) is 3.27. The molecule has 0 fully saturated rings. The molecule has 0 atom stereocenters. The smallest absolute Gasteiger partial charge is 0.250 e. The summed E-state index contributed by atoms with van der Waals surface area (Å²) in [7, 11) is 0. The van der Waals surface area contributed by atoms with Gasteiger partial charge in [0, 0.05) is 18.8 Å². The average Bonchev–Trinajstić information content (AvgIpc) is 2.56. The number of carbonyl (C=O) groups is 1. The zero-order chi connectivity index (χ0) is 10.1. The van der Waals surface area contributed by atoms with Crippen LogP contribution in [0, 0.1) is 0 Å². The Hall–Kier alpha value is -0.750. The maximum Gasteiger partial charge on any atom is 0.250 e. The lowest BCUT2D eigenvalue weighted by Crippen LogP contribution is -2.21. The van der Waals surface area contributed by atoms with Gasteiger partial charge in [-0.3, -0.25) is 4.79 Å². The van der Waals surface area contributed by atoms with Crippen molar-refractivity contribution < 1.29 is 9.53 Å². The van der Waals surface area contributed by atoms with E-state index in [4.69, 9.17) is 16.2 Å². The Balaban J connectivity index is 0.00000112. The number of halogens is 2. The number of ether oxygens (including phenoxy) is 1. The minimum Gasteiger partial charge on any atom is -0.373 e. The normalized spacial score (nSPS) is 13.3. The monoisotopic (exact) mass is 267 g/mol. The van der Waals surface area contributed by atoms with Gasteiger partial charge in [-0.05, 0) is 6.07 Å². The molecule has 1 aliphatic heterocycles. The maximum atomic E-state index is 11.1. The van der Waals surface area contributed by atoms with Crippen LogP contribution in [0.15, 0.2) is 6.07 Å². The molecule has 0 unspecified atom stereocenters. The lowest BCUT2D eigenvalue weighted by Gasteiger charge is -2.18. The van der Waals surface area contributed by atoms with Gasteiger partial charge in [0.15, 0.2) is 0 Å². The van der Waals surface area contributed by atoms with E-state index in [1.54, 1.807) is 6.07 Å². The van der Waals surface area contributed by atoms with Gasteiger partial charge in [-0.25, -0.2) is 0 Å². The highest BCUT2D eigenvalue weighted by Gasteiger charge is 2.20. The van der Waals surface area contributed by atoms with E-state index in [1.165, 1.54) is 0 Å². The molecule has 0 aliphatic carbocycles. The second-order valence-electron chi connectivity index (χ2n) is 3.27. The van der Waals surface area contributed by atoms with Crippen LogP contribution in [0.1, 0.15) is 21.7 Å². The van der Waals surface area contributed by atoms with Crippen molar-refractivity contribution in [3.8, 4) is 0 Å². The molecule has 0 saturated carbocycles. The highest BCUT2D eigenvalue weighted by molar-refractivity contribution is 5.94. The van der Waals surface area contributed by atoms with Crippen LogP contribution in [-0.4, -0.2) is 17.1 Å². The molecule has 16 heavy (non-hydrogen) atoms. The maximum absolute atomic E-state index is 11.1. The molecule has 2 heterocycles. The number of amides is 1. The predicted octanol–water partition coefficient (Wildman–Crippen LogP) is 0.420. The number of nitrogens with two attached hydrogens (primary N) is 2. The third kappa shape index (κ3) is 2.49. The number of fused-ring (bicyclic) bond motifs is 1. The number of nitrogens with zero attached hydrogens (tertiary/aromatic N) is 1. The van der Waals surface area contributed by atoms with E-state index < -0.39 is 5.91 Å². The number of carbonyl (C=O) groups excluding carboxylic acids is 1. The molecule has 1 aromatic rings. The number of hydrogen-bond acceptors (Lipinski definition) is 3. The second kappa shape index (κ2) is 6.10. The van der Waals surface area contributed by atoms with E-state index in [-0.39, 0.29) is 24.8 Å². The SMILES string of the molecule is Cl.Cl.NCc1cc(C(N)=O)c2n1CCOC2. The van der Waals surface area contributed by atoms with Crippen LogP contribution < -0.4 is 11.5 Å². The Morgan fingerprint density at radius 1 is 1.50 bits per heavy atom. The van der Waals surface area contributed by atoms with E-state index in [0.29, 0.717) is 25.3 Å². The molecular formula is C9H15Cl2N3O2. The van der Waals surface area contributed by atoms with Crippen molar-refractivity contribution in [2.75, 3.05) is 6.61 Å². The Morgan fingerprint density at radius 3 is 2.75 bits per heavy atom. The van der Waals surface area contributed by atoms with Gasteiger partial charge in [0.2, 0.25) is 0 Å². The van der Waals surface area contributed by atoms with Gasteiger partial charge in [0.25, 0.3) is 5.91 Å². The van der Waals surface area contributed by atoms with Crippen LogP contribution in [-0.2, 0) is 24.4 Å². The zero-order valence-electron chi connectivity index (χ0n) is 8.64. The first-order valence-corrected chi connectivity index (χ1v) is 4.53. The molecule has 92 valence electrons. The Kier molecular flexibility index (Phi) is 5.81. The van der Waals surface area contributed by atoms with E-state index in [9.17, 15) is 4.79 Å². The van der Waals surface area contributed by atoms with Crippen LogP contribution in [0.3, 0.4) is 0 Å². The van der Waals surface area contributed by atoms with Crippen LogP contribution in [0.4, 0.5) is 0 Å². The molecule has 0 radical (unpaired) electrons. The summed E-state index contributed by atoms with van der Waals surface area (Å²) in [6.07, 6.45) is 0. The molecule has 1 amide bonds. The van der Waals surface area contributed by atoms with Crippen LogP contribution in [0.2, 0.25) is 0 Å². The van der Waals surface area contributed by atoms with Gasteiger partial charge >= 0.3 is 0 Å². The van der Waals surface area contributed by atoms with E-state index in [0.717, 1.165) is 17.9 Å². The summed E-state index contributed by atoms with van der Waals surface area (Å²) in [5.74, 6) is -0.418. The lowest BCUT2D eigenvalue weighted by atomic mass is 10.2. The van der Waals surface area contributed by atoms with Crippen molar-refractivity contribution in [3.63, 3.8) is 0 Å². The van der Waals surface area contributed by atoms with Crippen LogP contribution >= 0.6 is 24.8 Å². The first kappa shape index (κ1) is 15.2. The Labute approximate surface area is 106 Å². The molecule has 4 N–H and O–H groups in total. The summed E-state index contributed by atoms with van der Waals surface area (Å²) in [6, 6.07) is 1.76. The number of rotatable bonds is 2. The van der Waals surface area contributed by atoms with Gasteiger partial charge in [-0.2, -0.15) is 0 Å². The van der Waals surface area contributed by atoms with E-state index >= 15 is 0 Å². The Morgan fingerprint density at radius 2 is 2.19 bits per heavy atom. The first-order chi connectivity index (χ1) is 6.74. The lowest BCUT2D eigenvalue weighted by molar-refractivity contribution is 0.0814. The molecule has 1 aliphatic rings. The summed E-state index contributed by atoms with van der Waals surface area (Å²) >= 11 is 0. The van der Waals surface area contributed by atoms with Gasteiger partial charge in [0.05, 0.1) is 24.5 Å². The predicted molar refractivity (Wildman–Crippen MR) is 65.0 cm³/mol. The van der Waals surface area contributed by atoms with Crippen molar-refractivity contribution in [3.05, 3.63) is 23.0 Å². The molecule has 5 nitrogen and oxygen atoms in total. The molecule has 0 saturated heterocycles. The summed E-state index contributed by atoms with van der Waals surface area (Å²) in [4.78, 5) is 11.1. The number of aromatic nitrogens is 1. The largest absolute Gasteiger partial charge is 0.373 e. The molecule has 0 bridgehead atoms. The standard InChI is InChI=1S/C9H13N3O2.2ClH/c10-4-6-3-7(9(11)13)8-5-14-2-1-12(6)8;;/h3H,1-2,4-5,10H2,(H2,11,13);2*1H. The van der Waals surface area contributed by atoms with Crippen molar-refractivity contribution in [2.45, 2.75) is 19.7 Å². The summed E-state index contributed by atoms with van der Waals surface area (Å²) in [5.41, 5.74) is 13.2. The van der Waals surface area contributed by atoms with Gasteiger partial charge in [0.1, 0.15) is 0 Å². The average molecular weight is 268 g/mol. The molecule has 2 rings (SSSR count). The first-order valence-electron chi connectivity index (χ1n) is 4.53. The quantitative estimate of drug-likeness (QED) is 0.815. The van der Waals surface area contributed by atoms with Crippen molar-refractivity contribution >= 4 is 30.7 Å². The van der Waals surface area contributed by atoms with Gasteiger partial charge < -0.3 is 20.8 Å². The summed E-state index contributed by atoms with van der Waals surface area (Å²) in [6.45, 7) is 2.26.